The number of aliphatic hydroxyl groups excluding tert-OH is 2. The molecular weight excluding hydrogens is 278 g/mol. The molecule has 21 heavy (non-hydrogen) atoms. The third kappa shape index (κ3) is 3.11. The first kappa shape index (κ1) is 16.0. The normalized spacial score (nSPS) is 31.9. The van der Waals surface area contributed by atoms with E-state index in [0.717, 1.165) is 5.69 Å². The van der Waals surface area contributed by atoms with Crippen molar-refractivity contribution in [1.29, 1.82) is 0 Å². The minimum Gasteiger partial charge on any atom is -0.452 e. The number of esters is 1. The van der Waals surface area contributed by atoms with E-state index in [1.54, 1.807) is 26.0 Å². The Kier molecular flexibility index (Phi) is 4.38. The predicted octanol–water partition coefficient (Wildman–Crippen LogP) is 0.352. The van der Waals surface area contributed by atoms with Crippen LogP contribution in [0.3, 0.4) is 0 Å². The van der Waals surface area contributed by atoms with Gasteiger partial charge in [-0.2, -0.15) is 0 Å². The molecule has 0 spiro atoms. The molecule has 0 saturated carbocycles. The summed E-state index contributed by atoms with van der Waals surface area (Å²) in [5.41, 5.74) is 0.177. The van der Waals surface area contributed by atoms with Crippen molar-refractivity contribution in [3.05, 3.63) is 23.5 Å². The van der Waals surface area contributed by atoms with Gasteiger partial charge in [0.1, 0.15) is 17.9 Å². The number of carbonyl (C=O) groups is 1. The second-order valence-electron chi connectivity index (χ2n) is 5.68. The summed E-state index contributed by atoms with van der Waals surface area (Å²) in [6.07, 6.45) is -4.58. The van der Waals surface area contributed by atoms with Crippen LogP contribution >= 0.6 is 0 Å². The fourth-order valence-corrected chi connectivity index (χ4v) is 2.54. The largest absolute Gasteiger partial charge is 0.452 e. The SMILES string of the molecule is CO[C@@H]1C(OC(=O)c2ccc(C)[nH]2)[C@@H](O)[C@H](O)OC1(C)C. The van der Waals surface area contributed by atoms with Crippen molar-refractivity contribution >= 4 is 5.97 Å². The molecular formula is C14H21NO6. The summed E-state index contributed by atoms with van der Waals surface area (Å²) < 4.78 is 15.9. The molecule has 1 aromatic heterocycles. The monoisotopic (exact) mass is 299 g/mol. The van der Waals surface area contributed by atoms with E-state index in [0.29, 0.717) is 0 Å². The first-order valence-electron chi connectivity index (χ1n) is 6.69. The molecule has 0 amide bonds. The van der Waals surface area contributed by atoms with Crippen molar-refractivity contribution in [3.8, 4) is 0 Å². The minimum absolute atomic E-state index is 0.272. The zero-order chi connectivity index (χ0) is 15.8. The number of aryl methyl sites for hydroxylation is 1. The fourth-order valence-electron chi connectivity index (χ4n) is 2.54. The van der Waals surface area contributed by atoms with Gasteiger partial charge in [0.2, 0.25) is 0 Å². The van der Waals surface area contributed by atoms with Crippen LogP contribution in [-0.2, 0) is 14.2 Å². The number of hydrogen-bond acceptors (Lipinski definition) is 6. The summed E-state index contributed by atoms with van der Waals surface area (Å²) >= 11 is 0. The number of nitrogens with one attached hydrogen (secondary N) is 1. The highest BCUT2D eigenvalue weighted by atomic mass is 16.7. The zero-order valence-electron chi connectivity index (χ0n) is 12.5. The van der Waals surface area contributed by atoms with Gasteiger partial charge in [0.15, 0.2) is 12.4 Å². The van der Waals surface area contributed by atoms with Crippen LogP contribution in [0.2, 0.25) is 0 Å². The van der Waals surface area contributed by atoms with Crippen molar-refractivity contribution in [3.63, 3.8) is 0 Å². The molecule has 1 aliphatic rings. The standard InChI is InChI=1S/C14H21NO6/c1-7-5-6-8(15-7)12(17)20-10-9(16)13(18)21-14(2,3)11(10)19-4/h5-6,9-11,13,15-16,18H,1-4H3/t9-,10?,11-,13-/m1/s1. The third-order valence-corrected chi connectivity index (χ3v) is 3.59. The lowest BCUT2D eigenvalue weighted by molar-refractivity contribution is -0.313. The first-order chi connectivity index (χ1) is 9.76. The minimum atomic E-state index is -1.45. The Bertz CT molecular complexity index is 511. The van der Waals surface area contributed by atoms with Gasteiger partial charge in [0, 0.05) is 12.8 Å². The second kappa shape index (κ2) is 5.76. The van der Waals surface area contributed by atoms with Gasteiger partial charge in [0.25, 0.3) is 0 Å². The van der Waals surface area contributed by atoms with Crippen LogP contribution in [0.1, 0.15) is 30.0 Å². The van der Waals surface area contributed by atoms with Crippen molar-refractivity contribution in [2.45, 2.75) is 51.0 Å². The molecule has 0 aromatic carbocycles. The highest BCUT2D eigenvalue weighted by Crippen LogP contribution is 2.32. The van der Waals surface area contributed by atoms with Crippen LogP contribution in [0.15, 0.2) is 12.1 Å². The smallest absolute Gasteiger partial charge is 0.355 e. The highest BCUT2D eigenvalue weighted by Gasteiger charge is 2.51. The summed E-state index contributed by atoms with van der Waals surface area (Å²) in [4.78, 5) is 15.0. The van der Waals surface area contributed by atoms with Gasteiger partial charge in [-0.25, -0.2) is 4.79 Å². The van der Waals surface area contributed by atoms with E-state index < -0.39 is 36.2 Å². The average molecular weight is 299 g/mol. The molecule has 7 heteroatoms. The van der Waals surface area contributed by atoms with Gasteiger partial charge in [-0.3, -0.25) is 0 Å². The Morgan fingerprint density at radius 1 is 1.38 bits per heavy atom. The van der Waals surface area contributed by atoms with Crippen LogP contribution in [-0.4, -0.2) is 58.5 Å². The lowest BCUT2D eigenvalue weighted by Crippen LogP contribution is -2.63. The first-order valence-corrected chi connectivity index (χ1v) is 6.69. The lowest BCUT2D eigenvalue weighted by atomic mass is 9.89. The number of carbonyl (C=O) groups excluding carboxylic acids is 1. The Labute approximate surface area is 122 Å². The van der Waals surface area contributed by atoms with Crippen molar-refractivity contribution < 1.29 is 29.2 Å². The van der Waals surface area contributed by atoms with E-state index in [9.17, 15) is 15.0 Å². The third-order valence-electron chi connectivity index (χ3n) is 3.59. The molecule has 2 heterocycles. The van der Waals surface area contributed by atoms with E-state index in [-0.39, 0.29) is 5.69 Å². The van der Waals surface area contributed by atoms with E-state index in [1.807, 2.05) is 6.92 Å². The molecule has 0 aliphatic carbocycles. The van der Waals surface area contributed by atoms with Gasteiger partial charge < -0.3 is 29.4 Å². The predicted molar refractivity (Wildman–Crippen MR) is 72.7 cm³/mol. The van der Waals surface area contributed by atoms with Gasteiger partial charge >= 0.3 is 5.97 Å². The number of aliphatic hydroxyl groups is 2. The summed E-state index contributed by atoms with van der Waals surface area (Å²) in [5, 5.41) is 19.8. The zero-order valence-corrected chi connectivity index (χ0v) is 12.5. The number of hydrogen-bond donors (Lipinski definition) is 3. The molecule has 1 fully saturated rings. The van der Waals surface area contributed by atoms with Crippen LogP contribution in [0, 0.1) is 6.92 Å². The number of aromatic nitrogens is 1. The molecule has 3 N–H and O–H groups in total. The van der Waals surface area contributed by atoms with Gasteiger partial charge in [-0.15, -0.1) is 0 Å². The quantitative estimate of drug-likeness (QED) is 0.696. The molecule has 0 bridgehead atoms. The summed E-state index contributed by atoms with van der Waals surface area (Å²) in [6, 6.07) is 3.33. The Balaban J connectivity index is 2.20. The molecule has 4 atom stereocenters. The molecule has 1 aliphatic heterocycles. The van der Waals surface area contributed by atoms with E-state index in [1.165, 1.54) is 7.11 Å². The Hall–Kier alpha value is -1.41. The summed E-state index contributed by atoms with van der Waals surface area (Å²) in [6.45, 7) is 5.19. The summed E-state index contributed by atoms with van der Waals surface area (Å²) in [7, 11) is 1.43. The van der Waals surface area contributed by atoms with E-state index in [4.69, 9.17) is 14.2 Å². The van der Waals surface area contributed by atoms with Crippen LogP contribution < -0.4 is 0 Å². The van der Waals surface area contributed by atoms with Gasteiger partial charge in [-0.1, -0.05) is 0 Å². The maximum absolute atomic E-state index is 12.1. The molecule has 2 rings (SSSR count). The number of H-pyrrole nitrogens is 1. The van der Waals surface area contributed by atoms with Crippen molar-refractivity contribution in [2.75, 3.05) is 7.11 Å². The van der Waals surface area contributed by atoms with E-state index in [2.05, 4.69) is 4.98 Å². The average Bonchev–Trinajstić information content (AvgIpc) is 2.82. The van der Waals surface area contributed by atoms with Crippen LogP contribution in [0.25, 0.3) is 0 Å². The van der Waals surface area contributed by atoms with Gasteiger partial charge in [-0.05, 0) is 32.9 Å². The number of ether oxygens (including phenoxy) is 3. The molecule has 1 unspecified atom stereocenters. The van der Waals surface area contributed by atoms with Gasteiger partial charge in [0.05, 0.1) is 5.60 Å². The molecule has 7 nitrogen and oxygen atoms in total. The molecule has 1 saturated heterocycles. The van der Waals surface area contributed by atoms with Crippen molar-refractivity contribution in [1.82, 2.24) is 4.98 Å². The number of rotatable bonds is 3. The van der Waals surface area contributed by atoms with Crippen molar-refractivity contribution in [2.24, 2.45) is 0 Å². The Morgan fingerprint density at radius 3 is 2.57 bits per heavy atom. The Morgan fingerprint density at radius 2 is 2.05 bits per heavy atom. The number of methoxy groups -OCH3 is 1. The number of aromatic amines is 1. The maximum atomic E-state index is 12.1. The fraction of sp³-hybridized carbons (Fsp3) is 0.643. The molecule has 0 radical (unpaired) electrons. The van der Waals surface area contributed by atoms with Crippen LogP contribution in [0.4, 0.5) is 0 Å². The maximum Gasteiger partial charge on any atom is 0.355 e. The second-order valence-corrected chi connectivity index (χ2v) is 5.68. The topological polar surface area (TPSA) is 101 Å². The molecule has 1 aromatic rings. The molecule has 118 valence electrons. The summed E-state index contributed by atoms with van der Waals surface area (Å²) in [5.74, 6) is -0.626. The van der Waals surface area contributed by atoms with Crippen LogP contribution in [0.5, 0.6) is 0 Å². The highest BCUT2D eigenvalue weighted by molar-refractivity contribution is 5.87. The van der Waals surface area contributed by atoms with E-state index >= 15 is 0 Å². The lowest BCUT2D eigenvalue weighted by Gasteiger charge is -2.46.